The Morgan fingerprint density at radius 3 is 2.94 bits per heavy atom. The summed E-state index contributed by atoms with van der Waals surface area (Å²) in [5, 5.41) is 0. The van der Waals surface area contributed by atoms with Crippen LogP contribution >= 0.6 is 0 Å². The van der Waals surface area contributed by atoms with Crippen molar-refractivity contribution in [3.05, 3.63) is 23.8 Å². The van der Waals surface area contributed by atoms with Crippen LogP contribution in [0.15, 0.2) is 18.2 Å². The lowest BCUT2D eigenvalue weighted by atomic mass is 10.1. The molecule has 0 aromatic heterocycles. The van der Waals surface area contributed by atoms with Gasteiger partial charge in [0, 0.05) is 37.0 Å². The SMILES string of the molecule is COc1cc(N)cc(C(=O)N2CCCOCC2)c1. The van der Waals surface area contributed by atoms with E-state index >= 15 is 0 Å². The van der Waals surface area contributed by atoms with E-state index in [2.05, 4.69) is 0 Å². The number of nitrogen functional groups attached to an aromatic ring is 1. The predicted molar refractivity (Wildman–Crippen MR) is 68.7 cm³/mol. The zero-order chi connectivity index (χ0) is 13.0. The fraction of sp³-hybridized carbons (Fsp3) is 0.462. The number of rotatable bonds is 2. The van der Waals surface area contributed by atoms with Gasteiger partial charge in [-0.05, 0) is 18.6 Å². The summed E-state index contributed by atoms with van der Waals surface area (Å²) in [7, 11) is 1.56. The minimum atomic E-state index is -0.0221. The monoisotopic (exact) mass is 250 g/mol. The Hall–Kier alpha value is -1.75. The average Bonchev–Trinajstić information content (AvgIpc) is 2.65. The molecule has 1 heterocycles. The summed E-state index contributed by atoms with van der Waals surface area (Å²) in [5.74, 6) is 0.579. The molecule has 1 aromatic rings. The lowest BCUT2D eigenvalue weighted by Crippen LogP contribution is -2.33. The summed E-state index contributed by atoms with van der Waals surface area (Å²) in [5.41, 5.74) is 6.85. The van der Waals surface area contributed by atoms with Gasteiger partial charge in [-0.15, -0.1) is 0 Å². The zero-order valence-corrected chi connectivity index (χ0v) is 10.5. The van der Waals surface area contributed by atoms with Crippen LogP contribution < -0.4 is 10.5 Å². The van der Waals surface area contributed by atoms with Crippen LogP contribution in [-0.2, 0) is 4.74 Å². The van der Waals surface area contributed by atoms with E-state index < -0.39 is 0 Å². The first kappa shape index (κ1) is 12.7. The van der Waals surface area contributed by atoms with Gasteiger partial charge in [-0.1, -0.05) is 0 Å². The Kier molecular flexibility index (Phi) is 4.04. The van der Waals surface area contributed by atoms with E-state index in [9.17, 15) is 4.79 Å². The summed E-state index contributed by atoms with van der Waals surface area (Å²) < 4.78 is 10.5. The molecular formula is C13H18N2O3. The number of amides is 1. The van der Waals surface area contributed by atoms with Crippen molar-refractivity contribution in [3.8, 4) is 5.75 Å². The summed E-state index contributed by atoms with van der Waals surface area (Å²) in [4.78, 5) is 14.1. The predicted octanol–water partition coefficient (Wildman–Crippen LogP) is 1.14. The highest BCUT2D eigenvalue weighted by molar-refractivity contribution is 5.95. The van der Waals surface area contributed by atoms with Gasteiger partial charge < -0.3 is 20.1 Å². The molecule has 1 aromatic carbocycles. The number of carbonyl (C=O) groups excluding carboxylic acids is 1. The van der Waals surface area contributed by atoms with Crippen LogP contribution in [0.4, 0.5) is 5.69 Å². The summed E-state index contributed by atoms with van der Waals surface area (Å²) in [6.45, 7) is 2.64. The molecule has 1 aliphatic heterocycles. The van der Waals surface area contributed by atoms with E-state index in [0.717, 1.165) is 13.0 Å². The first-order valence-electron chi connectivity index (χ1n) is 6.02. The molecule has 5 nitrogen and oxygen atoms in total. The van der Waals surface area contributed by atoms with Crippen molar-refractivity contribution >= 4 is 11.6 Å². The maximum atomic E-state index is 12.3. The molecule has 2 N–H and O–H groups in total. The van der Waals surface area contributed by atoms with Crippen LogP contribution in [0.25, 0.3) is 0 Å². The maximum Gasteiger partial charge on any atom is 0.254 e. The zero-order valence-electron chi connectivity index (χ0n) is 10.5. The fourth-order valence-electron chi connectivity index (χ4n) is 2.00. The van der Waals surface area contributed by atoms with Gasteiger partial charge >= 0.3 is 0 Å². The Morgan fingerprint density at radius 1 is 1.33 bits per heavy atom. The van der Waals surface area contributed by atoms with Crippen molar-refractivity contribution < 1.29 is 14.3 Å². The van der Waals surface area contributed by atoms with Crippen LogP contribution in [0.5, 0.6) is 5.75 Å². The third kappa shape index (κ3) is 2.92. The number of anilines is 1. The van der Waals surface area contributed by atoms with Crippen molar-refractivity contribution in [1.82, 2.24) is 4.90 Å². The molecule has 5 heteroatoms. The van der Waals surface area contributed by atoms with Crippen LogP contribution in [0.1, 0.15) is 16.8 Å². The Morgan fingerprint density at radius 2 is 2.17 bits per heavy atom. The first-order chi connectivity index (χ1) is 8.70. The Balaban J connectivity index is 2.18. The quantitative estimate of drug-likeness (QED) is 0.799. The number of benzene rings is 1. The highest BCUT2D eigenvalue weighted by Crippen LogP contribution is 2.20. The second kappa shape index (κ2) is 5.73. The molecule has 0 saturated carbocycles. The molecule has 1 amide bonds. The van der Waals surface area contributed by atoms with Crippen molar-refractivity contribution in [1.29, 1.82) is 0 Å². The molecule has 0 unspecified atom stereocenters. The van der Waals surface area contributed by atoms with E-state index in [1.54, 1.807) is 30.2 Å². The molecule has 0 aliphatic carbocycles. The molecule has 18 heavy (non-hydrogen) atoms. The average molecular weight is 250 g/mol. The maximum absolute atomic E-state index is 12.3. The number of ether oxygens (including phenoxy) is 2. The molecule has 1 fully saturated rings. The highest BCUT2D eigenvalue weighted by atomic mass is 16.5. The molecule has 2 rings (SSSR count). The Bertz CT molecular complexity index is 426. The highest BCUT2D eigenvalue weighted by Gasteiger charge is 2.18. The van der Waals surface area contributed by atoms with Crippen molar-refractivity contribution in [2.45, 2.75) is 6.42 Å². The molecule has 1 aliphatic rings. The number of nitrogens with zero attached hydrogens (tertiary/aromatic N) is 1. The van der Waals surface area contributed by atoms with E-state index in [0.29, 0.717) is 36.8 Å². The number of carbonyl (C=O) groups is 1. The van der Waals surface area contributed by atoms with Gasteiger partial charge in [0.15, 0.2) is 0 Å². The topological polar surface area (TPSA) is 64.8 Å². The minimum Gasteiger partial charge on any atom is -0.497 e. The molecule has 0 bridgehead atoms. The van der Waals surface area contributed by atoms with Gasteiger partial charge in [-0.2, -0.15) is 0 Å². The van der Waals surface area contributed by atoms with Crippen molar-refractivity contribution in [2.75, 3.05) is 39.1 Å². The van der Waals surface area contributed by atoms with E-state index in [1.165, 1.54) is 0 Å². The minimum absolute atomic E-state index is 0.0221. The van der Waals surface area contributed by atoms with Crippen molar-refractivity contribution in [3.63, 3.8) is 0 Å². The van der Waals surface area contributed by atoms with Gasteiger partial charge in [0.1, 0.15) is 5.75 Å². The fourth-order valence-corrected chi connectivity index (χ4v) is 2.00. The largest absolute Gasteiger partial charge is 0.497 e. The lowest BCUT2D eigenvalue weighted by Gasteiger charge is -2.20. The summed E-state index contributed by atoms with van der Waals surface area (Å²) >= 11 is 0. The number of hydrogen-bond acceptors (Lipinski definition) is 4. The molecular weight excluding hydrogens is 232 g/mol. The van der Waals surface area contributed by atoms with E-state index in [1.807, 2.05) is 0 Å². The number of methoxy groups -OCH3 is 1. The van der Waals surface area contributed by atoms with Gasteiger partial charge in [-0.3, -0.25) is 4.79 Å². The van der Waals surface area contributed by atoms with Crippen molar-refractivity contribution in [2.24, 2.45) is 0 Å². The van der Waals surface area contributed by atoms with Gasteiger partial charge in [0.2, 0.25) is 0 Å². The van der Waals surface area contributed by atoms with Gasteiger partial charge in [0.05, 0.1) is 13.7 Å². The summed E-state index contributed by atoms with van der Waals surface area (Å²) in [6.07, 6.45) is 0.866. The molecule has 0 radical (unpaired) electrons. The summed E-state index contributed by atoms with van der Waals surface area (Å²) in [6, 6.07) is 5.09. The molecule has 0 spiro atoms. The third-order valence-corrected chi connectivity index (χ3v) is 2.92. The van der Waals surface area contributed by atoms with E-state index in [4.69, 9.17) is 15.2 Å². The first-order valence-corrected chi connectivity index (χ1v) is 6.02. The normalized spacial score (nSPS) is 16.2. The lowest BCUT2D eigenvalue weighted by molar-refractivity contribution is 0.0741. The second-order valence-corrected chi connectivity index (χ2v) is 4.25. The van der Waals surface area contributed by atoms with Crippen LogP contribution in [-0.4, -0.2) is 44.2 Å². The molecule has 1 saturated heterocycles. The Labute approximate surface area is 106 Å². The number of nitrogens with two attached hydrogens (primary N) is 1. The third-order valence-electron chi connectivity index (χ3n) is 2.92. The number of hydrogen-bond donors (Lipinski definition) is 1. The van der Waals surface area contributed by atoms with Gasteiger partial charge in [-0.25, -0.2) is 0 Å². The van der Waals surface area contributed by atoms with Crippen LogP contribution in [0.3, 0.4) is 0 Å². The van der Waals surface area contributed by atoms with Crippen LogP contribution in [0, 0.1) is 0 Å². The smallest absolute Gasteiger partial charge is 0.254 e. The second-order valence-electron chi connectivity index (χ2n) is 4.25. The van der Waals surface area contributed by atoms with E-state index in [-0.39, 0.29) is 5.91 Å². The molecule has 98 valence electrons. The molecule has 0 atom stereocenters. The van der Waals surface area contributed by atoms with Crippen LogP contribution in [0.2, 0.25) is 0 Å². The van der Waals surface area contributed by atoms with Gasteiger partial charge in [0.25, 0.3) is 5.91 Å². The standard InChI is InChI=1S/C13H18N2O3/c1-17-12-8-10(7-11(14)9-12)13(16)15-3-2-5-18-6-4-15/h7-9H,2-6,14H2,1H3.